The van der Waals surface area contributed by atoms with Crippen molar-refractivity contribution in [3.8, 4) is 0 Å². The van der Waals surface area contributed by atoms with Crippen molar-refractivity contribution in [2.24, 2.45) is 10.9 Å². The Labute approximate surface area is 179 Å². The third-order valence-electron chi connectivity index (χ3n) is 5.06. The summed E-state index contributed by atoms with van der Waals surface area (Å²) in [5.74, 6) is 2.78. The summed E-state index contributed by atoms with van der Waals surface area (Å²) in [6, 6.07) is 0. The normalized spacial score (nSPS) is 30.8. The average molecular weight is 517 g/mol. The zero-order chi connectivity index (χ0) is 17.9. The molecule has 0 aromatic heterocycles. The summed E-state index contributed by atoms with van der Waals surface area (Å²) in [4.78, 5) is 7.15. The number of rotatable bonds is 4. The van der Waals surface area contributed by atoms with Crippen LogP contribution in [0.3, 0.4) is 0 Å². The van der Waals surface area contributed by atoms with E-state index in [9.17, 15) is 8.42 Å². The van der Waals surface area contributed by atoms with Gasteiger partial charge in [0, 0.05) is 43.3 Å². The van der Waals surface area contributed by atoms with E-state index in [1.165, 1.54) is 0 Å². The highest BCUT2D eigenvalue weighted by atomic mass is 127. The molecule has 0 radical (unpaired) electrons. The fourth-order valence-corrected chi connectivity index (χ4v) is 6.67. The minimum atomic E-state index is -2.84. The number of guanidine groups is 1. The summed E-state index contributed by atoms with van der Waals surface area (Å²) in [6.45, 7) is 8.71. The van der Waals surface area contributed by atoms with Gasteiger partial charge >= 0.3 is 0 Å². The Bertz CT molecular complexity index is 592. The number of ether oxygens (including phenoxy) is 1. The molecule has 0 spiro atoms. The van der Waals surface area contributed by atoms with Crippen molar-refractivity contribution in [1.29, 1.82) is 0 Å². The predicted octanol–water partition coefficient (Wildman–Crippen LogP) is 1.99. The molecule has 1 N–H and O–H groups in total. The molecule has 0 saturated carbocycles. The quantitative estimate of drug-likeness (QED) is 0.350. The van der Waals surface area contributed by atoms with Crippen LogP contribution in [0.2, 0.25) is 0 Å². The van der Waals surface area contributed by atoms with Crippen LogP contribution in [-0.2, 0) is 14.6 Å². The van der Waals surface area contributed by atoms with Gasteiger partial charge in [0.25, 0.3) is 0 Å². The first kappa shape index (κ1) is 22.5. The van der Waals surface area contributed by atoms with Crippen LogP contribution in [0.4, 0.5) is 0 Å². The summed E-state index contributed by atoms with van der Waals surface area (Å²) < 4.78 is 29.3. The van der Waals surface area contributed by atoms with E-state index < -0.39 is 9.84 Å². The Hall–Kier alpha value is 0.260. The Balaban J connectivity index is 0.00000243. The first-order valence-corrected chi connectivity index (χ1v) is 12.1. The third kappa shape index (κ3) is 6.70. The van der Waals surface area contributed by atoms with Crippen LogP contribution >= 0.6 is 35.7 Å². The van der Waals surface area contributed by atoms with Crippen LogP contribution < -0.4 is 5.32 Å². The maximum absolute atomic E-state index is 11.7. The van der Waals surface area contributed by atoms with Crippen molar-refractivity contribution >= 4 is 51.5 Å². The van der Waals surface area contributed by atoms with Gasteiger partial charge in [-0.3, -0.25) is 4.99 Å². The molecule has 3 aliphatic rings. The fourth-order valence-electron chi connectivity index (χ4n) is 3.71. The summed E-state index contributed by atoms with van der Waals surface area (Å²) in [7, 11) is -2.84. The van der Waals surface area contributed by atoms with Crippen molar-refractivity contribution in [3.63, 3.8) is 0 Å². The van der Waals surface area contributed by atoms with E-state index >= 15 is 0 Å². The number of sulfone groups is 1. The van der Waals surface area contributed by atoms with Crippen molar-refractivity contribution < 1.29 is 13.2 Å². The van der Waals surface area contributed by atoms with E-state index in [0.717, 1.165) is 57.2 Å². The van der Waals surface area contributed by atoms with Crippen molar-refractivity contribution in [2.45, 2.75) is 44.0 Å². The molecule has 0 aromatic rings. The second-order valence-corrected chi connectivity index (χ2v) is 12.0. The van der Waals surface area contributed by atoms with Crippen LogP contribution in [0, 0.1) is 5.92 Å². The molecule has 0 bridgehead atoms. The number of halogens is 1. The molecule has 3 saturated heterocycles. The molecule has 9 heteroatoms. The first-order valence-electron chi connectivity index (χ1n) is 9.32. The molecule has 3 fully saturated rings. The minimum absolute atomic E-state index is 0. The van der Waals surface area contributed by atoms with Crippen LogP contribution in [0.5, 0.6) is 0 Å². The van der Waals surface area contributed by atoms with E-state index in [0.29, 0.717) is 12.3 Å². The number of nitrogens with zero attached hydrogens (tertiary/aromatic N) is 2. The van der Waals surface area contributed by atoms with Crippen LogP contribution in [-0.4, -0.2) is 80.2 Å². The van der Waals surface area contributed by atoms with Gasteiger partial charge in [0.1, 0.15) is 0 Å². The number of hydrogen-bond donors (Lipinski definition) is 1. The highest BCUT2D eigenvalue weighted by molar-refractivity contribution is 14.0. The monoisotopic (exact) mass is 517 g/mol. The van der Waals surface area contributed by atoms with Crippen molar-refractivity contribution in [2.75, 3.05) is 50.0 Å². The lowest BCUT2D eigenvalue weighted by molar-refractivity contribution is 0.113. The molecule has 0 amide bonds. The molecular weight excluding hydrogens is 485 g/mol. The Morgan fingerprint density at radius 3 is 2.81 bits per heavy atom. The number of nitrogens with one attached hydrogen (secondary N) is 1. The van der Waals surface area contributed by atoms with Gasteiger partial charge in [0.05, 0.1) is 17.6 Å². The molecule has 0 aromatic carbocycles. The van der Waals surface area contributed by atoms with Gasteiger partial charge in [-0.15, -0.1) is 24.0 Å². The minimum Gasteiger partial charge on any atom is -0.376 e. The zero-order valence-electron chi connectivity index (χ0n) is 15.8. The maximum Gasteiger partial charge on any atom is 0.194 e. The standard InChI is InChI=1S/C17H31N3O3S2.HI/c1-17(2)13-20(6-8-24-17)16(19-11-15-4-3-7-23-15)18-10-14-5-9-25(21,22)12-14;/h14-15H,3-13H2,1-2H3,(H,18,19);1H. The Morgan fingerprint density at radius 2 is 2.19 bits per heavy atom. The lowest BCUT2D eigenvalue weighted by Crippen LogP contribution is -2.52. The predicted molar refractivity (Wildman–Crippen MR) is 120 cm³/mol. The summed E-state index contributed by atoms with van der Waals surface area (Å²) >= 11 is 2.00. The third-order valence-corrected chi connectivity index (χ3v) is 8.20. The largest absolute Gasteiger partial charge is 0.376 e. The summed E-state index contributed by atoms with van der Waals surface area (Å²) in [6.07, 6.45) is 3.24. The van der Waals surface area contributed by atoms with Gasteiger partial charge in [-0.1, -0.05) is 0 Å². The summed E-state index contributed by atoms with van der Waals surface area (Å²) in [5.41, 5.74) is 0. The SMILES string of the molecule is CC1(C)CN(C(=NCC2CCS(=O)(=O)C2)NCC2CCCO2)CCS1.I. The molecular formula is C17H32IN3O3S2. The highest BCUT2D eigenvalue weighted by Crippen LogP contribution is 2.29. The zero-order valence-corrected chi connectivity index (χ0v) is 19.7. The number of thioether (sulfide) groups is 1. The van der Waals surface area contributed by atoms with Gasteiger partial charge in [-0.25, -0.2) is 8.42 Å². The molecule has 26 heavy (non-hydrogen) atoms. The first-order chi connectivity index (χ1) is 11.8. The lowest BCUT2D eigenvalue weighted by atomic mass is 10.1. The molecule has 3 aliphatic heterocycles. The van der Waals surface area contributed by atoms with Gasteiger partial charge in [-0.05, 0) is 39.0 Å². The maximum atomic E-state index is 11.7. The van der Waals surface area contributed by atoms with Gasteiger partial charge in [0.2, 0.25) is 0 Å². The van der Waals surface area contributed by atoms with E-state index in [-0.39, 0.29) is 46.5 Å². The van der Waals surface area contributed by atoms with Crippen molar-refractivity contribution in [1.82, 2.24) is 10.2 Å². The van der Waals surface area contributed by atoms with E-state index in [2.05, 4.69) is 24.1 Å². The van der Waals surface area contributed by atoms with Crippen LogP contribution in [0.15, 0.2) is 4.99 Å². The van der Waals surface area contributed by atoms with Gasteiger partial charge in [-0.2, -0.15) is 11.8 Å². The van der Waals surface area contributed by atoms with Gasteiger partial charge < -0.3 is 15.0 Å². The highest BCUT2D eigenvalue weighted by Gasteiger charge is 2.31. The topological polar surface area (TPSA) is 71.0 Å². The van der Waals surface area contributed by atoms with E-state index in [1.54, 1.807) is 0 Å². The summed E-state index contributed by atoms with van der Waals surface area (Å²) in [5, 5.41) is 3.51. The smallest absolute Gasteiger partial charge is 0.194 e. The molecule has 6 nitrogen and oxygen atoms in total. The fraction of sp³-hybridized carbons (Fsp3) is 0.941. The second-order valence-electron chi connectivity index (χ2n) is 7.98. The van der Waals surface area contributed by atoms with Crippen molar-refractivity contribution in [3.05, 3.63) is 0 Å². The molecule has 2 atom stereocenters. The number of aliphatic imine (C=N–C) groups is 1. The van der Waals surface area contributed by atoms with Gasteiger partial charge in [0.15, 0.2) is 15.8 Å². The Morgan fingerprint density at radius 1 is 1.38 bits per heavy atom. The van der Waals surface area contributed by atoms with Crippen LogP contribution in [0.25, 0.3) is 0 Å². The molecule has 0 aliphatic carbocycles. The average Bonchev–Trinajstić information content (AvgIpc) is 3.15. The lowest BCUT2D eigenvalue weighted by Gasteiger charge is -2.39. The second kappa shape index (κ2) is 9.65. The molecule has 2 unspecified atom stereocenters. The van der Waals surface area contributed by atoms with Crippen LogP contribution in [0.1, 0.15) is 33.1 Å². The number of hydrogen-bond acceptors (Lipinski definition) is 5. The molecule has 3 heterocycles. The molecule has 3 rings (SSSR count). The molecule has 152 valence electrons. The Kier molecular flexibility index (Phi) is 8.36. The van der Waals surface area contributed by atoms with E-state index in [4.69, 9.17) is 9.73 Å². The van der Waals surface area contributed by atoms with E-state index in [1.807, 2.05) is 11.8 Å².